The number of nitrogens with one attached hydrogen (secondary N) is 3. The molecule has 8 nitrogen and oxygen atoms in total. The summed E-state index contributed by atoms with van der Waals surface area (Å²) < 4.78 is 7.37. The number of nitrogens with zero attached hydrogens (tertiary/aromatic N) is 4. The molecule has 2 heterocycles. The smallest absolute Gasteiger partial charge is 0.191 e. The molecule has 0 spiro atoms. The molecule has 0 amide bonds. The Morgan fingerprint density at radius 3 is 2.77 bits per heavy atom. The van der Waals surface area contributed by atoms with Crippen molar-refractivity contribution in [3.8, 4) is 0 Å². The first-order valence-corrected chi connectivity index (χ1v) is 10.2. The Hall–Kier alpha value is -2.14. The van der Waals surface area contributed by atoms with Crippen molar-refractivity contribution >= 4 is 40.8 Å². The number of halogens is 1. The maximum absolute atomic E-state index is 5.41. The van der Waals surface area contributed by atoms with Crippen LogP contribution >= 0.6 is 24.0 Å². The Labute approximate surface area is 194 Å². The zero-order chi connectivity index (χ0) is 20.5. The molecule has 1 aromatic carbocycles. The van der Waals surface area contributed by atoms with E-state index in [0.29, 0.717) is 6.54 Å². The highest BCUT2D eigenvalue weighted by atomic mass is 127. The molecule has 30 heavy (non-hydrogen) atoms. The third-order valence-corrected chi connectivity index (χ3v) is 4.89. The number of H-pyrrole nitrogens is 1. The van der Waals surface area contributed by atoms with Crippen LogP contribution in [0.3, 0.4) is 0 Å². The van der Waals surface area contributed by atoms with Crippen LogP contribution in [-0.2, 0) is 24.8 Å². The number of fused-ring (bicyclic) bond motifs is 1. The van der Waals surface area contributed by atoms with E-state index in [0.717, 1.165) is 56.8 Å². The number of benzene rings is 1. The van der Waals surface area contributed by atoms with Crippen LogP contribution in [0.4, 0.5) is 0 Å². The Kier molecular flexibility index (Phi) is 10.1. The van der Waals surface area contributed by atoms with Crippen LogP contribution in [-0.4, -0.2) is 52.0 Å². The zero-order valence-corrected chi connectivity index (χ0v) is 20.3. The fraction of sp³-hybridized carbons (Fsp3) is 0.476. The molecular formula is C21H32IN7O. The second kappa shape index (κ2) is 12.5. The van der Waals surface area contributed by atoms with Crippen molar-refractivity contribution in [2.24, 2.45) is 12.0 Å². The molecule has 0 aliphatic rings. The predicted octanol–water partition coefficient (Wildman–Crippen LogP) is 2.93. The first-order valence-electron chi connectivity index (χ1n) is 10.2. The van der Waals surface area contributed by atoms with Crippen molar-refractivity contribution < 1.29 is 4.74 Å². The fourth-order valence-corrected chi connectivity index (χ4v) is 3.09. The van der Waals surface area contributed by atoms with E-state index < -0.39 is 0 Å². The van der Waals surface area contributed by atoms with Gasteiger partial charge in [-0.1, -0.05) is 18.2 Å². The van der Waals surface area contributed by atoms with Crippen LogP contribution in [0, 0.1) is 6.92 Å². The Morgan fingerprint density at radius 1 is 1.20 bits per heavy atom. The van der Waals surface area contributed by atoms with Gasteiger partial charge in [0, 0.05) is 50.5 Å². The highest BCUT2D eigenvalue weighted by Gasteiger charge is 2.06. The van der Waals surface area contributed by atoms with Crippen LogP contribution in [0.25, 0.3) is 10.9 Å². The molecule has 2 aromatic heterocycles. The molecule has 0 atom stereocenters. The number of para-hydroxylation sites is 1. The zero-order valence-electron chi connectivity index (χ0n) is 17.9. The molecule has 0 unspecified atom stereocenters. The van der Waals surface area contributed by atoms with Gasteiger partial charge in [0.05, 0.1) is 0 Å². The lowest BCUT2D eigenvalue weighted by molar-refractivity contribution is 0.145. The summed E-state index contributed by atoms with van der Waals surface area (Å²) in [6, 6.07) is 8.37. The molecular weight excluding hydrogens is 493 g/mol. The van der Waals surface area contributed by atoms with Crippen LogP contribution in [0.5, 0.6) is 0 Å². The monoisotopic (exact) mass is 525 g/mol. The van der Waals surface area contributed by atoms with Gasteiger partial charge in [-0.15, -0.1) is 34.2 Å². The molecule has 0 saturated carbocycles. The molecule has 0 aliphatic carbocycles. The predicted molar refractivity (Wildman–Crippen MR) is 131 cm³/mol. The molecule has 0 saturated heterocycles. The summed E-state index contributed by atoms with van der Waals surface area (Å²) in [5.41, 5.74) is 2.47. The molecule has 0 fully saturated rings. The van der Waals surface area contributed by atoms with Gasteiger partial charge in [0.2, 0.25) is 0 Å². The van der Waals surface area contributed by atoms with Crippen molar-refractivity contribution in [3.63, 3.8) is 0 Å². The highest BCUT2D eigenvalue weighted by Crippen LogP contribution is 2.17. The summed E-state index contributed by atoms with van der Waals surface area (Å²) in [7, 11) is 1.96. The molecule has 0 bridgehead atoms. The molecule has 9 heteroatoms. The summed E-state index contributed by atoms with van der Waals surface area (Å²) in [6.45, 7) is 7.50. The van der Waals surface area contributed by atoms with Gasteiger partial charge in [0.1, 0.15) is 12.4 Å². The second-order valence-corrected chi connectivity index (χ2v) is 6.90. The third-order valence-electron chi connectivity index (χ3n) is 4.89. The van der Waals surface area contributed by atoms with Crippen LogP contribution in [0.1, 0.15) is 30.6 Å². The summed E-state index contributed by atoms with van der Waals surface area (Å²) in [6.07, 6.45) is 3.92. The van der Waals surface area contributed by atoms with E-state index >= 15 is 0 Å². The van der Waals surface area contributed by atoms with Gasteiger partial charge in [0.25, 0.3) is 0 Å². The van der Waals surface area contributed by atoms with Crippen LogP contribution in [0.15, 0.2) is 35.5 Å². The molecule has 0 radical (unpaired) electrons. The van der Waals surface area contributed by atoms with E-state index in [4.69, 9.17) is 4.74 Å². The number of rotatable bonds is 10. The van der Waals surface area contributed by atoms with E-state index in [1.807, 2.05) is 31.5 Å². The number of ether oxygens (including phenoxy) is 1. The van der Waals surface area contributed by atoms with Crippen LogP contribution in [0.2, 0.25) is 0 Å². The summed E-state index contributed by atoms with van der Waals surface area (Å²) >= 11 is 0. The molecule has 164 valence electrons. The third kappa shape index (κ3) is 6.69. The maximum atomic E-state index is 5.41. The molecule has 0 aliphatic heterocycles. The average Bonchev–Trinajstić information content (AvgIpc) is 3.29. The number of hydrogen-bond donors (Lipinski definition) is 3. The minimum absolute atomic E-state index is 0. The van der Waals surface area contributed by atoms with Gasteiger partial charge in [-0.2, -0.15) is 0 Å². The number of hydrogen-bond acceptors (Lipinski definition) is 4. The normalized spacial score (nSPS) is 11.5. The number of aryl methyl sites for hydroxylation is 1. The lowest BCUT2D eigenvalue weighted by atomic mass is 10.1. The number of aromatic nitrogens is 4. The minimum Gasteiger partial charge on any atom is -0.382 e. The fourth-order valence-electron chi connectivity index (χ4n) is 3.09. The van der Waals surface area contributed by atoms with Crippen molar-refractivity contribution in [2.45, 2.75) is 33.2 Å². The average molecular weight is 525 g/mol. The summed E-state index contributed by atoms with van der Waals surface area (Å²) in [4.78, 5) is 8.02. The van der Waals surface area contributed by atoms with Gasteiger partial charge in [-0.3, -0.25) is 0 Å². The standard InChI is InChI=1S/C21H31N7O.HI/c1-4-29-13-7-11-22-21(25-15-20-27-26-16(2)28(20)3)23-12-10-17-14-24-19-9-6-5-8-18(17)19;/h5-6,8-9,14,24H,4,7,10-13,15H2,1-3H3,(H2,22,23,25);1H. The SMILES string of the molecule is CCOCCCNC(=NCc1nnc(C)n1C)NCCc1c[nH]c2ccccc12.I. The van der Waals surface area contributed by atoms with Gasteiger partial charge >= 0.3 is 0 Å². The van der Waals surface area contributed by atoms with E-state index in [2.05, 4.69) is 55.2 Å². The Morgan fingerprint density at radius 2 is 2.00 bits per heavy atom. The first kappa shape index (κ1) is 24.1. The second-order valence-electron chi connectivity index (χ2n) is 6.90. The number of aliphatic imine (C=N–C) groups is 1. The molecule has 3 N–H and O–H groups in total. The van der Waals surface area contributed by atoms with Crippen LogP contribution < -0.4 is 10.6 Å². The lowest BCUT2D eigenvalue weighted by Gasteiger charge is -2.12. The van der Waals surface area contributed by atoms with E-state index in [-0.39, 0.29) is 24.0 Å². The van der Waals surface area contributed by atoms with Gasteiger partial charge in [-0.05, 0) is 38.3 Å². The molecule has 3 aromatic rings. The largest absolute Gasteiger partial charge is 0.382 e. The van der Waals surface area contributed by atoms with E-state index in [9.17, 15) is 0 Å². The van der Waals surface area contributed by atoms with E-state index in [1.165, 1.54) is 16.5 Å². The summed E-state index contributed by atoms with van der Waals surface area (Å²) in [5, 5.41) is 16.4. The Balaban J connectivity index is 0.00000320. The van der Waals surface area contributed by atoms with Crippen molar-refractivity contribution in [2.75, 3.05) is 26.3 Å². The van der Waals surface area contributed by atoms with E-state index in [1.54, 1.807) is 0 Å². The van der Waals surface area contributed by atoms with Gasteiger partial charge in [0.15, 0.2) is 11.8 Å². The number of aromatic amines is 1. The quantitative estimate of drug-likeness (QED) is 0.164. The Bertz CT molecular complexity index is 934. The van der Waals surface area contributed by atoms with Crippen molar-refractivity contribution in [3.05, 3.63) is 47.7 Å². The lowest BCUT2D eigenvalue weighted by Crippen LogP contribution is -2.39. The van der Waals surface area contributed by atoms with Crippen molar-refractivity contribution in [1.29, 1.82) is 0 Å². The summed E-state index contributed by atoms with van der Waals surface area (Å²) in [5.74, 6) is 2.50. The minimum atomic E-state index is 0. The topological polar surface area (TPSA) is 92.2 Å². The maximum Gasteiger partial charge on any atom is 0.191 e. The highest BCUT2D eigenvalue weighted by molar-refractivity contribution is 14.0. The van der Waals surface area contributed by atoms with Crippen molar-refractivity contribution in [1.82, 2.24) is 30.4 Å². The number of guanidine groups is 1. The van der Waals surface area contributed by atoms with Gasteiger partial charge < -0.3 is 24.9 Å². The van der Waals surface area contributed by atoms with Gasteiger partial charge in [-0.25, -0.2) is 4.99 Å². The first-order chi connectivity index (χ1) is 14.2. The molecule has 3 rings (SSSR count).